The summed E-state index contributed by atoms with van der Waals surface area (Å²) in [5.74, 6) is 0. The van der Waals surface area contributed by atoms with Gasteiger partial charge < -0.3 is 5.32 Å². The van der Waals surface area contributed by atoms with Crippen molar-refractivity contribution in [3.63, 3.8) is 0 Å². The van der Waals surface area contributed by atoms with Crippen LogP contribution in [0.3, 0.4) is 0 Å². The van der Waals surface area contributed by atoms with Gasteiger partial charge in [0.15, 0.2) is 0 Å². The van der Waals surface area contributed by atoms with Gasteiger partial charge >= 0.3 is 0 Å². The van der Waals surface area contributed by atoms with Crippen LogP contribution in [-0.2, 0) is 13.5 Å². The standard InChI is InChI=1S/C12H13BrN4O2/c1-16-8-9(7-15-16)4-5-14-11-3-2-10(13)6-12(11)17(18)19/h2-3,6-8,14H,4-5H2,1H3. The molecule has 6 nitrogen and oxygen atoms in total. The number of aryl methyl sites for hydroxylation is 1. The van der Waals surface area contributed by atoms with E-state index in [4.69, 9.17) is 0 Å². The molecule has 0 aliphatic rings. The predicted molar refractivity (Wildman–Crippen MR) is 76.2 cm³/mol. The topological polar surface area (TPSA) is 73.0 Å². The van der Waals surface area contributed by atoms with E-state index in [9.17, 15) is 10.1 Å². The first-order valence-corrected chi connectivity index (χ1v) is 6.51. The molecule has 0 bridgehead atoms. The van der Waals surface area contributed by atoms with Gasteiger partial charge in [0.2, 0.25) is 0 Å². The van der Waals surface area contributed by atoms with Gasteiger partial charge in [-0.1, -0.05) is 15.9 Å². The van der Waals surface area contributed by atoms with E-state index in [1.165, 1.54) is 6.07 Å². The van der Waals surface area contributed by atoms with Crippen molar-refractivity contribution < 1.29 is 4.92 Å². The van der Waals surface area contributed by atoms with E-state index in [0.29, 0.717) is 16.7 Å². The minimum atomic E-state index is -0.392. The third-order valence-electron chi connectivity index (χ3n) is 2.64. The monoisotopic (exact) mass is 324 g/mol. The average Bonchev–Trinajstić information content (AvgIpc) is 2.77. The SMILES string of the molecule is Cn1cc(CCNc2ccc(Br)cc2[N+](=O)[O-])cn1. The van der Waals surface area contributed by atoms with Crippen LogP contribution in [0.1, 0.15) is 5.56 Å². The summed E-state index contributed by atoms with van der Waals surface area (Å²) >= 11 is 3.23. The summed E-state index contributed by atoms with van der Waals surface area (Å²) in [6, 6.07) is 4.97. The zero-order valence-corrected chi connectivity index (χ0v) is 11.9. The number of benzene rings is 1. The molecule has 1 heterocycles. The van der Waals surface area contributed by atoms with Crippen molar-refractivity contribution in [2.24, 2.45) is 7.05 Å². The molecule has 0 aliphatic heterocycles. The van der Waals surface area contributed by atoms with Crippen molar-refractivity contribution in [3.8, 4) is 0 Å². The Morgan fingerprint density at radius 3 is 2.95 bits per heavy atom. The van der Waals surface area contributed by atoms with Crippen LogP contribution in [0.2, 0.25) is 0 Å². The third kappa shape index (κ3) is 3.54. The van der Waals surface area contributed by atoms with Gasteiger partial charge in [-0.15, -0.1) is 0 Å². The molecule has 2 rings (SSSR count). The van der Waals surface area contributed by atoms with E-state index in [1.807, 2.05) is 13.2 Å². The maximum Gasteiger partial charge on any atom is 0.293 e. The molecule has 1 N–H and O–H groups in total. The number of nitrogens with zero attached hydrogens (tertiary/aromatic N) is 3. The molecule has 2 aromatic rings. The van der Waals surface area contributed by atoms with E-state index < -0.39 is 4.92 Å². The molecule has 7 heteroatoms. The van der Waals surface area contributed by atoms with Crippen molar-refractivity contribution >= 4 is 27.3 Å². The largest absolute Gasteiger partial charge is 0.379 e. The number of halogens is 1. The number of nitro benzene ring substituents is 1. The van der Waals surface area contributed by atoms with Crippen LogP contribution in [0.4, 0.5) is 11.4 Å². The highest BCUT2D eigenvalue weighted by Crippen LogP contribution is 2.27. The molecular formula is C12H13BrN4O2. The molecule has 0 unspecified atom stereocenters. The lowest BCUT2D eigenvalue weighted by molar-refractivity contribution is -0.384. The summed E-state index contributed by atoms with van der Waals surface area (Å²) in [6.07, 6.45) is 4.48. The van der Waals surface area contributed by atoms with E-state index >= 15 is 0 Å². The van der Waals surface area contributed by atoms with Crippen molar-refractivity contribution in [1.82, 2.24) is 9.78 Å². The predicted octanol–water partition coefficient (Wildman–Crippen LogP) is 2.75. The van der Waals surface area contributed by atoms with Crippen LogP contribution in [-0.4, -0.2) is 21.2 Å². The Labute approximate surface area is 118 Å². The Bertz CT molecular complexity index is 597. The second kappa shape index (κ2) is 5.83. The summed E-state index contributed by atoms with van der Waals surface area (Å²) < 4.78 is 2.43. The van der Waals surface area contributed by atoms with Crippen LogP contribution < -0.4 is 5.32 Å². The number of aromatic nitrogens is 2. The van der Waals surface area contributed by atoms with Crippen LogP contribution in [0.15, 0.2) is 35.1 Å². The van der Waals surface area contributed by atoms with E-state index in [-0.39, 0.29) is 5.69 Å². The van der Waals surface area contributed by atoms with Gasteiger partial charge in [0.05, 0.1) is 11.1 Å². The first-order chi connectivity index (χ1) is 9.06. The minimum Gasteiger partial charge on any atom is -0.379 e. The summed E-state index contributed by atoms with van der Waals surface area (Å²) in [7, 11) is 1.86. The molecule has 0 radical (unpaired) electrons. The van der Waals surface area contributed by atoms with Gasteiger partial charge in [0, 0.05) is 30.3 Å². The fourth-order valence-electron chi connectivity index (χ4n) is 1.75. The fraction of sp³-hybridized carbons (Fsp3) is 0.250. The lowest BCUT2D eigenvalue weighted by atomic mass is 10.2. The lowest BCUT2D eigenvalue weighted by Gasteiger charge is -2.06. The Kier molecular flexibility index (Phi) is 4.16. The summed E-state index contributed by atoms with van der Waals surface area (Å²) in [5, 5.41) is 18.1. The Balaban J connectivity index is 2.01. The number of nitrogens with one attached hydrogen (secondary N) is 1. The average molecular weight is 325 g/mol. The maximum absolute atomic E-state index is 10.9. The number of rotatable bonds is 5. The zero-order valence-electron chi connectivity index (χ0n) is 10.3. The molecule has 1 aromatic heterocycles. The normalized spacial score (nSPS) is 10.4. The van der Waals surface area contributed by atoms with Gasteiger partial charge in [-0.2, -0.15) is 5.10 Å². The van der Waals surface area contributed by atoms with Gasteiger partial charge in [-0.05, 0) is 24.1 Å². The lowest BCUT2D eigenvalue weighted by Crippen LogP contribution is -2.06. The van der Waals surface area contributed by atoms with Crippen molar-refractivity contribution in [3.05, 3.63) is 50.7 Å². The van der Waals surface area contributed by atoms with Crippen LogP contribution in [0.5, 0.6) is 0 Å². The van der Waals surface area contributed by atoms with Gasteiger partial charge in [0.25, 0.3) is 5.69 Å². The second-order valence-electron chi connectivity index (χ2n) is 4.12. The molecule has 0 spiro atoms. The number of anilines is 1. The highest BCUT2D eigenvalue weighted by molar-refractivity contribution is 9.10. The first kappa shape index (κ1) is 13.5. The van der Waals surface area contributed by atoms with E-state index in [0.717, 1.165) is 12.0 Å². The van der Waals surface area contributed by atoms with E-state index in [1.54, 1.807) is 23.0 Å². The maximum atomic E-state index is 10.9. The molecule has 0 aliphatic carbocycles. The summed E-state index contributed by atoms with van der Waals surface area (Å²) in [4.78, 5) is 10.6. The van der Waals surface area contributed by atoms with Gasteiger partial charge in [-0.25, -0.2) is 0 Å². The highest BCUT2D eigenvalue weighted by Gasteiger charge is 2.13. The van der Waals surface area contributed by atoms with E-state index in [2.05, 4.69) is 26.3 Å². The Morgan fingerprint density at radius 2 is 2.32 bits per heavy atom. The highest BCUT2D eigenvalue weighted by atomic mass is 79.9. The van der Waals surface area contributed by atoms with Crippen molar-refractivity contribution in [1.29, 1.82) is 0 Å². The number of nitro groups is 1. The zero-order chi connectivity index (χ0) is 13.8. The number of hydrogen-bond donors (Lipinski definition) is 1. The molecule has 100 valence electrons. The molecule has 0 saturated carbocycles. The summed E-state index contributed by atoms with van der Waals surface area (Å²) in [6.45, 7) is 0.619. The molecule has 0 amide bonds. The molecule has 0 saturated heterocycles. The summed E-state index contributed by atoms with van der Waals surface area (Å²) in [5.41, 5.74) is 1.69. The molecule has 0 fully saturated rings. The first-order valence-electron chi connectivity index (χ1n) is 5.71. The third-order valence-corrected chi connectivity index (χ3v) is 3.14. The molecule has 1 aromatic carbocycles. The second-order valence-corrected chi connectivity index (χ2v) is 5.03. The molecule has 0 atom stereocenters. The van der Waals surface area contributed by atoms with Crippen molar-refractivity contribution in [2.45, 2.75) is 6.42 Å². The quantitative estimate of drug-likeness (QED) is 0.678. The van der Waals surface area contributed by atoms with Crippen LogP contribution in [0, 0.1) is 10.1 Å². The Morgan fingerprint density at radius 1 is 1.53 bits per heavy atom. The minimum absolute atomic E-state index is 0.0700. The van der Waals surface area contributed by atoms with Crippen molar-refractivity contribution in [2.75, 3.05) is 11.9 Å². The van der Waals surface area contributed by atoms with Gasteiger partial charge in [-0.3, -0.25) is 14.8 Å². The fourth-order valence-corrected chi connectivity index (χ4v) is 2.10. The van der Waals surface area contributed by atoms with Crippen LogP contribution in [0.25, 0.3) is 0 Å². The smallest absolute Gasteiger partial charge is 0.293 e. The molecular weight excluding hydrogens is 312 g/mol. The van der Waals surface area contributed by atoms with Crippen LogP contribution >= 0.6 is 15.9 Å². The molecule has 19 heavy (non-hydrogen) atoms. The Hall–Kier alpha value is -1.89. The number of hydrogen-bond acceptors (Lipinski definition) is 4. The van der Waals surface area contributed by atoms with Gasteiger partial charge in [0.1, 0.15) is 5.69 Å².